The fourth-order valence-corrected chi connectivity index (χ4v) is 1.82. The Labute approximate surface area is 147 Å². The van der Waals surface area contributed by atoms with Crippen molar-refractivity contribution in [3.8, 4) is 0 Å². The van der Waals surface area contributed by atoms with Crippen molar-refractivity contribution in [2.75, 3.05) is 0 Å². The topological polar surface area (TPSA) is 156 Å². The van der Waals surface area contributed by atoms with Gasteiger partial charge >= 0.3 is 0 Å². The summed E-state index contributed by atoms with van der Waals surface area (Å²) in [5.74, 6) is -2.55. The monoisotopic (exact) mass is 361 g/mol. The lowest BCUT2D eigenvalue weighted by Gasteiger charge is -2.22. The van der Waals surface area contributed by atoms with Crippen molar-refractivity contribution in [2.45, 2.75) is 57.6 Å². The molecule has 0 saturated carbocycles. The van der Waals surface area contributed by atoms with Gasteiger partial charge in [-0.05, 0) is 19.8 Å². The van der Waals surface area contributed by atoms with Gasteiger partial charge in [-0.2, -0.15) is 12.6 Å². The highest BCUT2D eigenvalue weighted by molar-refractivity contribution is 7.80. The number of hydrogen-bond acceptors (Lipinski definition) is 6. The van der Waals surface area contributed by atoms with Gasteiger partial charge in [-0.1, -0.05) is 13.8 Å². The van der Waals surface area contributed by atoms with Crippen LogP contribution in [0.15, 0.2) is 0 Å². The Morgan fingerprint density at radius 3 is 1.88 bits per heavy atom. The summed E-state index contributed by atoms with van der Waals surface area (Å²) in [7, 11) is 0. The van der Waals surface area contributed by atoms with E-state index in [-0.39, 0.29) is 12.3 Å². The fraction of sp³-hybridized carbons (Fsp3) is 0.714. The highest BCUT2D eigenvalue weighted by Gasteiger charge is 2.27. The van der Waals surface area contributed by atoms with Gasteiger partial charge in [0.05, 0.1) is 17.8 Å². The molecule has 0 radical (unpaired) electrons. The van der Waals surface area contributed by atoms with Gasteiger partial charge in [-0.3, -0.25) is 19.2 Å². The number of carbonyl (C=O) groups excluding carboxylic acids is 4. The van der Waals surface area contributed by atoms with Crippen LogP contribution in [0.25, 0.3) is 0 Å². The molecule has 10 heteroatoms. The number of amides is 4. The molecule has 7 N–H and O–H groups in total. The maximum Gasteiger partial charge on any atom is 0.243 e. The van der Waals surface area contributed by atoms with Crippen LogP contribution in [0.4, 0.5) is 0 Å². The predicted molar refractivity (Wildman–Crippen MR) is 92.8 cm³/mol. The molecule has 9 nitrogen and oxygen atoms in total. The van der Waals surface area contributed by atoms with Crippen molar-refractivity contribution in [1.82, 2.24) is 16.0 Å². The Morgan fingerprint density at radius 2 is 1.46 bits per heavy atom. The van der Waals surface area contributed by atoms with Crippen LogP contribution in [-0.2, 0) is 19.2 Å². The van der Waals surface area contributed by atoms with Gasteiger partial charge in [0.1, 0.15) is 12.1 Å². The number of hydrogen-bond donors (Lipinski definition) is 6. The summed E-state index contributed by atoms with van der Waals surface area (Å²) in [4.78, 5) is 47.1. The summed E-state index contributed by atoms with van der Waals surface area (Å²) in [6.45, 7) is 6.61. The molecular weight excluding hydrogens is 334 g/mol. The first kappa shape index (κ1) is 22.2. The van der Waals surface area contributed by atoms with Crippen LogP contribution in [0.1, 0.15) is 34.1 Å². The second kappa shape index (κ2) is 10.1. The van der Waals surface area contributed by atoms with Crippen molar-refractivity contribution < 1.29 is 19.2 Å². The quantitative estimate of drug-likeness (QED) is 0.212. The lowest BCUT2D eigenvalue weighted by atomic mass is 10.0. The highest BCUT2D eigenvalue weighted by Crippen LogP contribution is 2.00. The Bertz CT molecular complexity index is 484. The molecule has 138 valence electrons. The number of thiol groups is 1. The summed E-state index contributed by atoms with van der Waals surface area (Å²) in [5, 5.41) is 6.84. The molecule has 0 bridgehead atoms. The van der Waals surface area contributed by atoms with Crippen molar-refractivity contribution in [1.29, 1.82) is 0 Å². The van der Waals surface area contributed by atoms with Crippen molar-refractivity contribution in [2.24, 2.45) is 17.4 Å². The molecule has 0 aliphatic rings. The minimum Gasteiger partial charge on any atom is -0.370 e. The summed E-state index contributed by atoms with van der Waals surface area (Å²) < 4.78 is 0. The van der Waals surface area contributed by atoms with Gasteiger partial charge in [-0.15, -0.1) is 0 Å². The lowest BCUT2D eigenvalue weighted by molar-refractivity contribution is -0.133. The molecule has 24 heavy (non-hydrogen) atoms. The van der Waals surface area contributed by atoms with Gasteiger partial charge in [0.15, 0.2) is 0 Å². The maximum absolute atomic E-state index is 12.1. The molecule has 0 heterocycles. The first-order valence-electron chi connectivity index (χ1n) is 7.58. The SMILES string of the molecule is CC(S)NC(=O)C(CC(N)=O)NC(=O)C(C)NC(=O)C(N)C(C)C. The minimum absolute atomic E-state index is 0.0921. The zero-order chi connectivity index (χ0) is 19.0. The highest BCUT2D eigenvalue weighted by atomic mass is 32.1. The van der Waals surface area contributed by atoms with E-state index in [0.29, 0.717) is 0 Å². The molecule has 0 saturated heterocycles. The average molecular weight is 361 g/mol. The summed E-state index contributed by atoms with van der Waals surface area (Å²) in [6, 6.07) is -2.84. The average Bonchev–Trinajstić information content (AvgIpc) is 2.43. The third-order valence-electron chi connectivity index (χ3n) is 3.16. The van der Waals surface area contributed by atoms with Crippen LogP contribution >= 0.6 is 12.6 Å². The van der Waals surface area contributed by atoms with Gasteiger partial charge < -0.3 is 27.4 Å². The third kappa shape index (κ3) is 8.16. The number of carbonyl (C=O) groups is 4. The Morgan fingerprint density at radius 1 is 0.917 bits per heavy atom. The van der Waals surface area contributed by atoms with E-state index in [9.17, 15) is 19.2 Å². The summed E-state index contributed by atoms with van der Waals surface area (Å²) in [5.41, 5.74) is 10.8. The van der Waals surface area contributed by atoms with Gasteiger partial charge in [0, 0.05) is 0 Å². The number of primary amides is 1. The molecule has 4 unspecified atom stereocenters. The normalized spacial score (nSPS) is 15.8. The van der Waals surface area contributed by atoms with E-state index in [1.54, 1.807) is 20.8 Å². The van der Waals surface area contributed by atoms with E-state index in [2.05, 4.69) is 28.6 Å². The Balaban J connectivity index is 4.82. The molecule has 0 aliphatic carbocycles. The van der Waals surface area contributed by atoms with E-state index in [0.717, 1.165) is 0 Å². The zero-order valence-corrected chi connectivity index (χ0v) is 15.2. The van der Waals surface area contributed by atoms with Crippen LogP contribution in [0.2, 0.25) is 0 Å². The molecule has 0 rings (SSSR count). The van der Waals surface area contributed by atoms with E-state index in [1.165, 1.54) is 6.92 Å². The standard InChI is InChI=1S/C14H27N5O4S/c1-6(2)11(16)14(23)17-7(3)12(21)19-9(5-10(15)20)13(22)18-8(4)24/h6-9,11,24H,5,16H2,1-4H3,(H2,15,20)(H,17,23)(H,18,22)(H,19,21). The molecular formula is C14H27N5O4S. The van der Waals surface area contributed by atoms with Gasteiger partial charge in [0.25, 0.3) is 0 Å². The minimum atomic E-state index is -1.15. The maximum atomic E-state index is 12.1. The molecule has 4 amide bonds. The lowest BCUT2D eigenvalue weighted by Crippen LogP contribution is -2.56. The van der Waals surface area contributed by atoms with Crippen LogP contribution in [-0.4, -0.2) is 47.1 Å². The van der Waals surface area contributed by atoms with Gasteiger partial charge in [-0.25, -0.2) is 0 Å². The summed E-state index contributed by atoms with van der Waals surface area (Å²) >= 11 is 4.01. The fourth-order valence-electron chi connectivity index (χ4n) is 1.69. The predicted octanol–water partition coefficient (Wildman–Crippen LogP) is -1.77. The largest absolute Gasteiger partial charge is 0.370 e. The Hall–Kier alpha value is -1.81. The van der Waals surface area contributed by atoms with E-state index in [1.807, 2.05) is 0 Å². The Kier molecular flexibility index (Phi) is 9.37. The molecule has 0 fully saturated rings. The van der Waals surface area contributed by atoms with Crippen molar-refractivity contribution in [3.05, 3.63) is 0 Å². The van der Waals surface area contributed by atoms with Crippen LogP contribution in [0.5, 0.6) is 0 Å². The van der Waals surface area contributed by atoms with Crippen molar-refractivity contribution in [3.63, 3.8) is 0 Å². The van der Waals surface area contributed by atoms with Crippen LogP contribution < -0.4 is 27.4 Å². The van der Waals surface area contributed by atoms with E-state index >= 15 is 0 Å². The van der Waals surface area contributed by atoms with Gasteiger partial charge in [0.2, 0.25) is 23.6 Å². The van der Waals surface area contributed by atoms with Crippen LogP contribution in [0.3, 0.4) is 0 Å². The second-order valence-corrected chi connectivity index (χ2v) is 6.69. The zero-order valence-electron chi connectivity index (χ0n) is 14.3. The van der Waals surface area contributed by atoms with E-state index < -0.39 is 47.1 Å². The smallest absolute Gasteiger partial charge is 0.243 e. The van der Waals surface area contributed by atoms with Crippen molar-refractivity contribution >= 4 is 36.3 Å². The summed E-state index contributed by atoms with van der Waals surface area (Å²) in [6.07, 6.45) is -0.371. The number of nitrogens with two attached hydrogens (primary N) is 2. The molecule has 0 aromatic heterocycles. The number of rotatable bonds is 9. The first-order chi connectivity index (χ1) is 11.0. The molecule has 0 aromatic rings. The number of nitrogens with one attached hydrogen (secondary N) is 3. The third-order valence-corrected chi connectivity index (χ3v) is 3.29. The van der Waals surface area contributed by atoms with E-state index in [4.69, 9.17) is 11.5 Å². The van der Waals surface area contributed by atoms with Crippen LogP contribution in [0, 0.1) is 5.92 Å². The molecule has 0 spiro atoms. The molecule has 0 aromatic carbocycles. The second-order valence-electron chi connectivity index (χ2n) is 5.92. The molecule has 0 aliphatic heterocycles. The molecule has 4 atom stereocenters. The first-order valence-corrected chi connectivity index (χ1v) is 8.10.